The largest absolute Gasteiger partial charge is 1.00 e. The van der Waals surface area contributed by atoms with Crippen LogP contribution in [0.3, 0.4) is 0 Å². The lowest BCUT2D eigenvalue weighted by Crippen LogP contribution is -3.00. The van der Waals surface area contributed by atoms with Gasteiger partial charge in [0.1, 0.15) is 12.4 Å². The second kappa shape index (κ2) is 8.15. The molecule has 2 rings (SSSR count). The second-order valence-electron chi connectivity index (χ2n) is 4.21. The number of morpholine rings is 1. The molecule has 1 fully saturated rings. The SMILES string of the molecule is Cc1cc(Br)ccc1OCCN1CCOCC1.[Br-]. The maximum Gasteiger partial charge on any atom is 0.122 e. The van der Waals surface area contributed by atoms with Gasteiger partial charge in [0.2, 0.25) is 0 Å². The van der Waals surface area contributed by atoms with Crippen molar-refractivity contribution in [2.45, 2.75) is 6.92 Å². The van der Waals surface area contributed by atoms with Crippen LogP contribution in [0.2, 0.25) is 0 Å². The van der Waals surface area contributed by atoms with E-state index in [4.69, 9.17) is 9.47 Å². The van der Waals surface area contributed by atoms with Gasteiger partial charge in [0.25, 0.3) is 0 Å². The number of hydrogen-bond donors (Lipinski definition) is 0. The van der Waals surface area contributed by atoms with E-state index in [-0.39, 0.29) is 17.0 Å². The Morgan fingerprint density at radius 3 is 2.72 bits per heavy atom. The van der Waals surface area contributed by atoms with Crippen molar-refractivity contribution in [1.82, 2.24) is 4.90 Å². The molecule has 0 radical (unpaired) electrons. The first-order chi connectivity index (χ1) is 8.25. The molecule has 0 atom stereocenters. The molecule has 1 aromatic rings. The van der Waals surface area contributed by atoms with Gasteiger partial charge in [-0.05, 0) is 30.7 Å². The molecular formula is C13H18Br2NO2-. The zero-order chi connectivity index (χ0) is 12.1. The highest BCUT2D eigenvalue weighted by molar-refractivity contribution is 9.10. The summed E-state index contributed by atoms with van der Waals surface area (Å²) < 4.78 is 12.2. The topological polar surface area (TPSA) is 21.7 Å². The molecule has 1 aliphatic heterocycles. The highest BCUT2D eigenvalue weighted by atomic mass is 79.9. The van der Waals surface area contributed by atoms with E-state index in [1.807, 2.05) is 12.1 Å². The zero-order valence-corrected chi connectivity index (χ0v) is 13.7. The van der Waals surface area contributed by atoms with Crippen LogP contribution in [0.4, 0.5) is 0 Å². The van der Waals surface area contributed by atoms with Crippen LogP contribution in [0, 0.1) is 6.92 Å². The average Bonchev–Trinajstić information content (AvgIpc) is 2.33. The Labute approximate surface area is 127 Å². The molecule has 18 heavy (non-hydrogen) atoms. The predicted molar refractivity (Wildman–Crippen MR) is 71.6 cm³/mol. The monoisotopic (exact) mass is 378 g/mol. The molecule has 0 saturated carbocycles. The Morgan fingerprint density at radius 1 is 1.33 bits per heavy atom. The molecule has 1 aliphatic rings. The van der Waals surface area contributed by atoms with Crippen molar-refractivity contribution in [1.29, 1.82) is 0 Å². The molecule has 0 bridgehead atoms. The molecule has 1 aromatic carbocycles. The first-order valence-electron chi connectivity index (χ1n) is 5.95. The maximum atomic E-state index is 5.79. The molecule has 5 heteroatoms. The highest BCUT2D eigenvalue weighted by Gasteiger charge is 2.10. The van der Waals surface area contributed by atoms with Crippen molar-refractivity contribution in [2.75, 3.05) is 39.5 Å². The lowest BCUT2D eigenvalue weighted by atomic mass is 10.2. The van der Waals surface area contributed by atoms with Gasteiger partial charge in [-0.2, -0.15) is 0 Å². The molecule has 0 unspecified atom stereocenters. The molecule has 0 aliphatic carbocycles. The minimum absolute atomic E-state index is 0. The van der Waals surface area contributed by atoms with Gasteiger partial charge >= 0.3 is 0 Å². The van der Waals surface area contributed by atoms with Gasteiger partial charge in [0, 0.05) is 24.1 Å². The van der Waals surface area contributed by atoms with E-state index in [2.05, 4.69) is 33.8 Å². The number of nitrogens with zero attached hydrogens (tertiary/aromatic N) is 1. The molecular weight excluding hydrogens is 362 g/mol. The van der Waals surface area contributed by atoms with E-state index in [9.17, 15) is 0 Å². The minimum atomic E-state index is 0. The summed E-state index contributed by atoms with van der Waals surface area (Å²) in [5.74, 6) is 0.974. The summed E-state index contributed by atoms with van der Waals surface area (Å²) in [6, 6.07) is 6.10. The zero-order valence-electron chi connectivity index (χ0n) is 10.5. The number of halogens is 2. The van der Waals surface area contributed by atoms with Crippen molar-refractivity contribution in [3.8, 4) is 5.75 Å². The second-order valence-corrected chi connectivity index (χ2v) is 5.13. The lowest BCUT2D eigenvalue weighted by molar-refractivity contribution is -0.00000636. The van der Waals surface area contributed by atoms with Crippen molar-refractivity contribution >= 4 is 15.9 Å². The van der Waals surface area contributed by atoms with Gasteiger partial charge in [-0.1, -0.05) is 15.9 Å². The third-order valence-electron chi connectivity index (χ3n) is 2.91. The summed E-state index contributed by atoms with van der Waals surface area (Å²) in [5, 5.41) is 0. The van der Waals surface area contributed by atoms with Crippen LogP contribution < -0.4 is 21.7 Å². The van der Waals surface area contributed by atoms with Crippen LogP contribution in [-0.2, 0) is 4.74 Å². The molecule has 0 amide bonds. The predicted octanol–water partition coefficient (Wildman–Crippen LogP) is -0.527. The molecule has 0 spiro atoms. The fraction of sp³-hybridized carbons (Fsp3) is 0.538. The number of hydrogen-bond acceptors (Lipinski definition) is 3. The third kappa shape index (κ3) is 4.88. The number of ether oxygens (including phenoxy) is 2. The van der Waals surface area contributed by atoms with Gasteiger partial charge in [0.15, 0.2) is 0 Å². The van der Waals surface area contributed by atoms with E-state index in [0.29, 0.717) is 0 Å². The Kier molecular flexibility index (Phi) is 7.22. The molecule has 1 heterocycles. The third-order valence-corrected chi connectivity index (χ3v) is 3.40. The summed E-state index contributed by atoms with van der Waals surface area (Å²) in [6.07, 6.45) is 0. The normalized spacial score (nSPS) is 16.1. The Morgan fingerprint density at radius 2 is 2.06 bits per heavy atom. The summed E-state index contributed by atoms with van der Waals surface area (Å²) in [7, 11) is 0. The number of aryl methyl sites for hydroxylation is 1. The van der Waals surface area contributed by atoms with Crippen molar-refractivity contribution in [3.63, 3.8) is 0 Å². The standard InChI is InChI=1S/C13H18BrNO2.BrH/c1-11-10-12(14)2-3-13(11)17-9-6-15-4-7-16-8-5-15;/h2-3,10H,4-9H2,1H3;1H/p-1. The van der Waals surface area contributed by atoms with Crippen molar-refractivity contribution in [3.05, 3.63) is 28.2 Å². The smallest absolute Gasteiger partial charge is 0.122 e. The van der Waals surface area contributed by atoms with Gasteiger partial charge in [-0.3, -0.25) is 4.90 Å². The highest BCUT2D eigenvalue weighted by Crippen LogP contribution is 2.22. The van der Waals surface area contributed by atoms with E-state index in [1.54, 1.807) is 0 Å². The Balaban J connectivity index is 0.00000162. The van der Waals surface area contributed by atoms with Crippen LogP contribution >= 0.6 is 15.9 Å². The van der Waals surface area contributed by atoms with E-state index < -0.39 is 0 Å². The van der Waals surface area contributed by atoms with Gasteiger partial charge in [-0.25, -0.2) is 0 Å². The van der Waals surface area contributed by atoms with E-state index in [0.717, 1.165) is 49.7 Å². The Bertz CT molecular complexity index is 368. The van der Waals surface area contributed by atoms with Gasteiger partial charge in [0.05, 0.1) is 13.2 Å². The van der Waals surface area contributed by atoms with Gasteiger partial charge in [-0.15, -0.1) is 0 Å². The fourth-order valence-corrected chi connectivity index (χ4v) is 2.36. The van der Waals surface area contributed by atoms with Crippen LogP contribution in [0.15, 0.2) is 22.7 Å². The van der Waals surface area contributed by atoms with Crippen LogP contribution in [0.1, 0.15) is 5.56 Å². The molecule has 0 N–H and O–H groups in total. The quantitative estimate of drug-likeness (QED) is 0.702. The summed E-state index contributed by atoms with van der Waals surface area (Å²) >= 11 is 3.45. The van der Waals surface area contributed by atoms with Crippen molar-refractivity contribution < 1.29 is 26.5 Å². The first kappa shape index (κ1) is 16.0. The number of benzene rings is 1. The molecule has 1 saturated heterocycles. The number of rotatable bonds is 4. The van der Waals surface area contributed by atoms with Crippen LogP contribution in [0.5, 0.6) is 5.75 Å². The van der Waals surface area contributed by atoms with E-state index in [1.165, 1.54) is 5.56 Å². The summed E-state index contributed by atoms with van der Waals surface area (Å²) in [5.41, 5.74) is 1.17. The van der Waals surface area contributed by atoms with E-state index >= 15 is 0 Å². The van der Waals surface area contributed by atoms with Crippen LogP contribution in [0.25, 0.3) is 0 Å². The van der Waals surface area contributed by atoms with Crippen molar-refractivity contribution in [2.24, 2.45) is 0 Å². The molecule has 0 aromatic heterocycles. The maximum absolute atomic E-state index is 5.79. The van der Waals surface area contributed by atoms with Gasteiger partial charge < -0.3 is 26.5 Å². The molecule has 3 nitrogen and oxygen atoms in total. The minimum Gasteiger partial charge on any atom is -1.00 e. The Hall–Kier alpha value is -0.100. The average molecular weight is 380 g/mol. The molecule has 102 valence electrons. The summed E-state index contributed by atoms with van der Waals surface area (Å²) in [4.78, 5) is 2.37. The summed E-state index contributed by atoms with van der Waals surface area (Å²) in [6.45, 7) is 7.50. The lowest BCUT2D eigenvalue weighted by Gasteiger charge is -2.26. The first-order valence-corrected chi connectivity index (χ1v) is 6.74. The van der Waals surface area contributed by atoms with Crippen LogP contribution in [-0.4, -0.2) is 44.4 Å². The fourth-order valence-electron chi connectivity index (χ4n) is 1.88.